The summed E-state index contributed by atoms with van der Waals surface area (Å²) in [6.45, 7) is 1.79. The van der Waals surface area contributed by atoms with Crippen molar-refractivity contribution < 1.29 is 13.6 Å². The maximum atomic E-state index is 12.9. The predicted molar refractivity (Wildman–Crippen MR) is 58.8 cm³/mol. The van der Waals surface area contributed by atoms with Crippen LogP contribution < -0.4 is 0 Å². The number of halogens is 2. The van der Waals surface area contributed by atoms with E-state index in [1.54, 1.807) is 12.3 Å². The van der Waals surface area contributed by atoms with Crippen LogP contribution in [0.5, 0.6) is 0 Å². The van der Waals surface area contributed by atoms with Gasteiger partial charge in [0.15, 0.2) is 5.78 Å². The van der Waals surface area contributed by atoms with Gasteiger partial charge in [0.05, 0.1) is 0 Å². The fourth-order valence-electron chi connectivity index (χ4n) is 1.43. The van der Waals surface area contributed by atoms with Crippen LogP contribution in [0.15, 0.2) is 29.0 Å². The molecule has 0 amide bonds. The smallest absolute Gasteiger partial charge is 0.194 e. The van der Waals surface area contributed by atoms with Gasteiger partial charge < -0.3 is 0 Å². The molecule has 0 fully saturated rings. The first-order chi connectivity index (χ1) is 7.58. The zero-order valence-corrected chi connectivity index (χ0v) is 9.28. The minimum absolute atomic E-state index is 0.0407. The van der Waals surface area contributed by atoms with E-state index < -0.39 is 11.6 Å². The molecule has 1 heterocycles. The second kappa shape index (κ2) is 4.14. The van der Waals surface area contributed by atoms with Crippen molar-refractivity contribution in [1.29, 1.82) is 0 Å². The first-order valence-corrected chi connectivity index (χ1v) is 5.56. The molecular weight excluding hydrogens is 230 g/mol. The highest BCUT2D eigenvalue weighted by atomic mass is 32.1. The summed E-state index contributed by atoms with van der Waals surface area (Å²) in [5.74, 6) is -1.83. The zero-order valence-electron chi connectivity index (χ0n) is 8.46. The van der Waals surface area contributed by atoms with E-state index in [0.717, 1.165) is 23.8 Å². The molecule has 0 N–H and O–H groups in total. The van der Waals surface area contributed by atoms with Gasteiger partial charge in [0.2, 0.25) is 0 Å². The van der Waals surface area contributed by atoms with Gasteiger partial charge in [0.1, 0.15) is 11.6 Å². The number of hydrogen-bond donors (Lipinski definition) is 0. The van der Waals surface area contributed by atoms with Crippen LogP contribution >= 0.6 is 11.3 Å². The van der Waals surface area contributed by atoms with E-state index in [-0.39, 0.29) is 11.3 Å². The largest absolute Gasteiger partial charge is 0.289 e. The third-order valence-corrected chi connectivity index (χ3v) is 3.09. The molecule has 2 aromatic rings. The van der Waals surface area contributed by atoms with Gasteiger partial charge in [-0.05, 0) is 30.0 Å². The van der Waals surface area contributed by atoms with Gasteiger partial charge in [-0.3, -0.25) is 4.79 Å². The van der Waals surface area contributed by atoms with Crippen LogP contribution in [0.3, 0.4) is 0 Å². The van der Waals surface area contributed by atoms with E-state index in [9.17, 15) is 13.6 Å². The van der Waals surface area contributed by atoms with E-state index in [0.29, 0.717) is 5.56 Å². The molecule has 0 aliphatic rings. The van der Waals surface area contributed by atoms with Crippen molar-refractivity contribution in [3.8, 4) is 0 Å². The van der Waals surface area contributed by atoms with E-state index in [1.165, 1.54) is 11.3 Å². The lowest BCUT2D eigenvalue weighted by molar-refractivity contribution is 0.103. The number of hydrogen-bond acceptors (Lipinski definition) is 2. The molecule has 0 bridgehead atoms. The Labute approximate surface area is 95.4 Å². The van der Waals surface area contributed by atoms with Crippen molar-refractivity contribution >= 4 is 17.1 Å². The number of thiophene rings is 1. The van der Waals surface area contributed by atoms with Crippen molar-refractivity contribution in [1.82, 2.24) is 0 Å². The number of carbonyl (C=O) groups excluding carboxylic acids is 1. The summed E-state index contributed by atoms with van der Waals surface area (Å²) in [5.41, 5.74) is 1.36. The average molecular weight is 238 g/mol. The number of aryl methyl sites for hydroxylation is 1. The second-order valence-corrected chi connectivity index (χ2v) is 4.20. The predicted octanol–water partition coefficient (Wildman–Crippen LogP) is 3.57. The summed E-state index contributed by atoms with van der Waals surface area (Å²) in [6.07, 6.45) is 0. The minimum atomic E-state index is -0.740. The summed E-state index contributed by atoms with van der Waals surface area (Å²) in [5, 5.41) is 3.50. The average Bonchev–Trinajstić information content (AvgIpc) is 2.62. The summed E-state index contributed by atoms with van der Waals surface area (Å²) in [4.78, 5) is 11.9. The lowest BCUT2D eigenvalue weighted by atomic mass is 10.0. The molecule has 0 aliphatic heterocycles. The van der Waals surface area contributed by atoms with Gasteiger partial charge in [-0.2, -0.15) is 11.3 Å². The van der Waals surface area contributed by atoms with Crippen molar-refractivity contribution in [2.75, 3.05) is 0 Å². The van der Waals surface area contributed by atoms with Crippen LogP contribution in [0.4, 0.5) is 8.78 Å². The Kier molecular flexibility index (Phi) is 2.83. The fourth-order valence-corrected chi connectivity index (χ4v) is 2.26. The van der Waals surface area contributed by atoms with Crippen LogP contribution in [-0.2, 0) is 0 Å². The van der Waals surface area contributed by atoms with Crippen molar-refractivity contribution in [2.45, 2.75) is 6.92 Å². The molecule has 4 heteroatoms. The summed E-state index contributed by atoms with van der Waals surface area (Å²) in [6, 6.07) is 2.84. The lowest BCUT2D eigenvalue weighted by Gasteiger charge is -2.01. The zero-order chi connectivity index (χ0) is 11.7. The molecule has 0 saturated carbocycles. The molecule has 1 nitrogen and oxygen atoms in total. The molecular formula is C12H8F2OS. The SMILES string of the molecule is Cc1cscc1C(=O)c1cc(F)cc(F)c1. The monoisotopic (exact) mass is 238 g/mol. The van der Waals surface area contributed by atoms with Crippen LogP contribution in [-0.4, -0.2) is 5.78 Å². The Morgan fingerprint density at radius 2 is 1.75 bits per heavy atom. The van der Waals surface area contributed by atoms with Gasteiger partial charge in [0, 0.05) is 22.6 Å². The molecule has 0 radical (unpaired) electrons. The van der Waals surface area contributed by atoms with Gasteiger partial charge in [-0.25, -0.2) is 8.78 Å². The third kappa shape index (κ3) is 2.02. The Morgan fingerprint density at radius 3 is 2.25 bits per heavy atom. The molecule has 1 aromatic carbocycles. The molecule has 2 rings (SSSR count). The highest BCUT2D eigenvalue weighted by Crippen LogP contribution is 2.19. The van der Waals surface area contributed by atoms with Crippen LogP contribution in [0, 0.1) is 18.6 Å². The molecule has 0 spiro atoms. The third-order valence-electron chi connectivity index (χ3n) is 2.22. The maximum absolute atomic E-state index is 12.9. The number of benzene rings is 1. The van der Waals surface area contributed by atoms with E-state index in [1.807, 2.05) is 5.38 Å². The van der Waals surface area contributed by atoms with Crippen molar-refractivity contribution in [2.24, 2.45) is 0 Å². The maximum Gasteiger partial charge on any atom is 0.194 e. The molecule has 82 valence electrons. The molecule has 0 saturated heterocycles. The Balaban J connectivity index is 2.45. The van der Waals surface area contributed by atoms with Gasteiger partial charge >= 0.3 is 0 Å². The van der Waals surface area contributed by atoms with Gasteiger partial charge in [-0.1, -0.05) is 0 Å². The second-order valence-electron chi connectivity index (χ2n) is 3.46. The summed E-state index contributed by atoms with van der Waals surface area (Å²) >= 11 is 1.39. The number of carbonyl (C=O) groups is 1. The Bertz CT molecular complexity index is 525. The molecule has 0 unspecified atom stereocenters. The lowest BCUT2D eigenvalue weighted by Crippen LogP contribution is -2.02. The standard InChI is InChI=1S/C12H8F2OS/c1-7-5-16-6-11(7)12(15)8-2-9(13)4-10(14)3-8/h2-6H,1H3. The first kappa shape index (κ1) is 11.0. The van der Waals surface area contributed by atoms with Gasteiger partial charge in [0.25, 0.3) is 0 Å². The van der Waals surface area contributed by atoms with Crippen LogP contribution in [0.1, 0.15) is 21.5 Å². The number of ketones is 1. The quantitative estimate of drug-likeness (QED) is 0.731. The van der Waals surface area contributed by atoms with Crippen LogP contribution in [0.25, 0.3) is 0 Å². The van der Waals surface area contributed by atoms with E-state index in [4.69, 9.17) is 0 Å². The number of rotatable bonds is 2. The molecule has 16 heavy (non-hydrogen) atoms. The topological polar surface area (TPSA) is 17.1 Å². The van der Waals surface area contributed by atoms with E-state index in [2.05, 4.69) is 0 Å². The molecule has 0 aliphatic carbocycles. The van der Waals surface area contributed by atoms with E-state index >= 15 is 0 Å². The minimum Gasteiger partial charge on any atom is -0.289 e. The fraction of sp³-hybridized carbons (Fsp3) is 0.0833. The highest BCUT2D eigenvalue weighted by molar-refractivity contribution is 7.08. The normalized spacial score (nSPS) is 10.4. The molecule has 0 atom stereocenters. The highest BCUT2D eigenvalue weighted by Gasteiger charge is 2.14. The summed E-state index contributed by atoms with van der Waals surface area (Å²) < 4.78 is 25.9. The Morgan fingerprint density at radius 1 is 1.12 bits per heavy atom. The van der Waals surface area contributed by atoms with Crippen molar-refractivity contribution in [3.05, 3.63) is 57.3 Å². The van der Waals surface area contributed by atoms with Crippen molar-refractivity contribution in [3.63, 3.8) is 0 Å². The Hall–Kier alpha value is -1.55. The first-order valence-electron chi connectivity index (χ1n) is 4.61. The van der Waals surface area contributed by atoms with Gasteiger partial charge in [-0.15, -0.1) is 0 Å². The van der Waals surface area contributed by atoms with Crippen LogP contribution in [0.2, 0.25) is 0 Å². The molecule has 1 aromatic heterocycles. The summed E-state index contributed by atoms with van der Waals surface area (Å²) in [7, 11) is 0.